The average Bonchev–Trinajstić information content (AvgIpc) is 3.10. The molecule has 1 aromatic heterocycles. The minimum atomic E-state index is -0.262. The van der Waals surface area contributed by atoms with Gasteiger partial charge in [0.05, 0.1) is 18.0 Å². The van der Waals surface area contributed by atoms with E-state index in [1.165, 1.54) is 0 Å². The van der Waals surface area contributed by atoms with Gasteiger partial charge in [-0.05, 0) is 23.3 Å². The normalized spacial score (nSPS) is 12.2. The molecule has 0 amide bonds. The summed E-state index contributed by atoms with van der Waals surface area (Å²) >= 11 is 0. The summed E-state index contributed by atoms with van der Waals surface area (Å²) in [5.74, 6) is -0.0801. The summed E-state index contributed by atoms with van der Waals surface area (Å²) in [5.41, 5.74) is 3.82. The van der Waals surface area contributed by atoms with E-state index in [4.69, 9.17) is 0 Å². The molecule has 26 heavy (non-hydrogen) atoms. The molecule has 1 atom stereocenters. The van der Waals surface area contributed by atoms with Crippen LogP contribution in [0.5, 0.6) is 0 Å². The highest BCUT2D eigenvalue weighted by atomic mass is 16.1. The molecule has 0 radical (unpaired) electrons. The van der Waals surface area contributed by atoms with Crippen LogP contribution in [0.4, 0.5) is 0 Å². The van der Waals surface area contributed by atoms with Gasteiger partial charge in [-0.2, -0.15) is 0 Å². The molecule has 4 nitrogen and oxygen atoms in total. The van der Waals surface area contributed by atoms with Crippen molar-refractivity contribution in [1.29, 1.82) is 0 Å². The number of para-hydroxylation sites is 1. The van der Waals surface area contributed by atoms with Gasteiger partial charge in [0.15, 0.2) is 0 Å². The van der Waals surface area contributed by atoms with Crippen molar-refractivity contribution in [3.63, 3.8) is 0 Å². The fourth-order valence-electron chi connectivity index (χ4n) is 3.22. The van der Waals surface area contributed by atoms with E-state index in [9.17, 15) is 4.79 Å². The largest absolute Gasteiger partial charge is 0.299 e. The zero-order chi connectivity index (χ0) is 17.8. The Bertz CT molecular complexity index is 1010. The summed E-state index contributed by atoms with van der Waals surface area (Å²) in [6.07, 6.45) is 0.410. The molecule has 0 bridgehead atoms. The number of benzene rings is 3. The first-order valence-corrected chi connectivity index (χ1v) is 8.71. The molecule has 0 saturated carbocycles. The predicted octanol–water partition coefficient (Wildman–Crippen LogP) is 4.03. The van der Waals surface area contributed by atoms with Crippen LogP contribution in [0.2, 0.25) is 0 Å². The Morgan fingerprint density at radius 1 is 0.846 bits per heavy atom. The lowest BCUT2D eigenvalue weighted by Crippen LogP contribution is -2.21. The Morgan fingerprint density at radius 2 is 1.50 bits per heavy atom. The Kier molecular flexibility index (Phi) is 4.56. The Labute approximate surface area is 152 Å². The second kappa shape index (κ2) is 7.31. The molecule has 128 valence electrons. The molecule has 0 aliphatic rings. The fraction of sp³-hybridized carbons (Fsp3) is 0.136. The highest BCUT2D eigenvalue weighted by Gasteiger charge is 2.22. The molecule has 0 fully saturated rings. The average molecular weight is 341 g/mol. The van der Waals surface area contributed by atoms with Crippen molar-refractivity contribution in [2.75, 3.05) is 0 Å². The molecule has 0 saturated heterocycles. The quantitative estimate of drug-likeness (QED) is 0.532. The number of nitrogens with zero attached hydrogens (tertiary/aromatic N) is 3. The van der Waals surface area contributed by atoms with Gasteiger partial charge in [0.25, 0.3) is 0 Å². The van der Waals surface area contributed by atoms with Crippen LogP contribution in [0.1, 0.15) is 17.0 Å². The van der Waals surface area contributed by atoms with Gasteiger partial charge >= 0.3 is 0 Å². The first-order valence-electron chi connectivity index (χ1n) is 8.71. The van der Waals surface area contributed by atoms with Crippen LogP contribution >= 0.6 is 0 Å². The van der Waals surface area contributed by atoms with Crippen molar-refractivity contribution in [3.8, 4) is 0 Å². The maximum Gasteiger partial charge on any atom is 0.146 e. The van der Waals surface area contributed by atoms with Crippen LogP contribution in [0, 0.1) is 0 Å². The Balaban J connectivity index is 1.66. The number of hydrogen-bond acceptors (Lipinski definition) is 3. The SMILES string of the molecule is O=C(Cc1ccccc1)C(Cn1nnc2ccccc21)c1ccccc1. The van der Waals surface area contributed by atoms with E-state index in [1.807, 2.05) is 89.6 Å². The molecule has 0 spiro atoms. The first-order chi connectivity index (χ1) is 12.8. The molecule has 4 heteroatoms. The summed E-state index contributed by atoms with van der Waals surface area (Å²) in [4.78, 5) is 13.1. The minimum Gasteiger partial charge on any atom is -0.299 e. The van der Waals surface area contributed by atoms with Crippen molar-refractivity contribution in [1.82, 2.24) is 15.0 Å². The molecule has 3 aromatic carbocycles. The number of rotatable bonds is 6. The third-order valence-electron chi connectivity index (χ3n) is 4.59. The van der Waals surface area contributed by atoms with Crippen LogP contribution < -0.4 is 0 Å². The number of ketones is 1. The first kappa shape index (κ1) is 16.2. The summed E-state index contributed by atoms with van der Waals surface area (Å²) in [6.45, 7) is 0.482. The van der Waals surface area contributed by atoms with Crippen molar-refractivity contribution < 1.29 is 4.79 Å². The molecule has 4 aromatic rings. The zero-order valence-electron chi connectivity index (χ0n) is 14.3. The number of Topliss-reactive ketones (excluding diaryl/α,β-unsaturated/α-hetero) is 1. The van der Waals surface area contributed by atoms with Crippen molar-refractivity contribution in [3.05, 3.63) is 96.1 Å². The van der Waals surface area contributed by atoms with E-state index >= 15 is 0 Å². The van der Waals surface area contributed by atoms with E-state index in [-0.39, 0.29) is 11.7 Å². The monoisotopic (exact) mass is 341 g/mol. The zero-order valence-corrected chi connectivity index (χ0v) is 14.3. The Hall–Kier alpha value is -3.27. The molecule has 0 aliphatic heterocycles. The predicted molar refractivity (Wildman–Crippen MR) is 102 cm³/mol. The lowest BCUT2D eigenvalue weighted by atomic mass is 9.91. The van der Waals surface area contributed by atoms with E-state index in [2.05, 4.69) is 10.3 Å². The molecular formula is C22H19N3O. The van der Waals surface area contributed by atoms with Gasteiger partial charge in [-0.25, -0.2) is 4.68 Å². The lowest BCUT2D eigenvalue weighted by molar-refractivity contribution is -0.120. The van der Waals surface area contributed by atoms with Crippen molar-refractivity contribution in [2.45, 2.75) is 18.9 Å². The maximum absolute atomic E-state index is 13.1. The molecule has 0 aliphatic carbocycles. The van der Waals surface area contributed by atoms with Crippen molar-refractivity contribution in [2.24, 2.45) is 0 Å². The topological polar surface area (TPSA) is 47.8 Å². The van der Waals surface area contributed by atoms with E-state index in [0.717, 1.165) is 22.2 Å². The molecule has 0 N–H and O–H groups in total. The van der Waals surface area contributed by atoms with Crippen LogP contribution in [-0.2, 0) is 17.8 Å². The van der Waals surface area contributed by atoms with E-state index in [1.54, 1.807) is 0 Å². The van der Waals surface area contributed by atoms with E-state index in [0.29, 0.717) is 13.0 Å². The van der Waals surface area contributed by atoms with Crippen LogP contribution in [0.25, 0.3) is 11.0 Å². The second-order valence-corrected chi connectivity index (χ2v) is 6.35. The minimum absolute atomic E-state index is 0.182. The summed E-state index contributed by atoms with van der Waals surface area (Å²) < 4.78 is 1.83. The summed E-state index contributed by atoms with van der Waals surface area (Å²) in [5, 5.41) is 8.47. The van der Waals surface area contributed by atoms with Gasteiger partial charge in [-0.3, -0.25) is 4.79 Å². The lowest BCUT2D eigenvalue weighted by Gasteiger charge is -2.17. The summed E-state index contributed by atoms with van der Waals surface area (Å²) in [6, 6.07) is 27.6. The van der Waals surface area contributed by atoms with Crippen molar-refractivity contribution >= 4 is 16.8 Å². The highest BCUT2D eigenvalue weighted by molar-refractivity contribution is 5.87. The van der Waals surface area contributed by atoms with Gasteiger partial charge in [-0.1, -0.05) is 78.0 Å². The highest BCUT2D eigenvalue weighted by Crippen LogP contribution is 2.23. The maximum atomic E-state index is 13.1. The van der Waals surface area contributed by atoms with Crippen LogP contribution in [0.15, 0.2) is 84.9 Å². The smallest absolute Gasteiger partial charge is 0.146 e. The number of carbonyl (C=O) groups excluding carboxylic acids is 1. The van der Waals surface area contributed by atoms with Crippen LogP contribution in [-0.4, -0.2) is 20.8 Å². The van der Waals surface area contributed by atoms with Gasteiger partial charge in [0.2, 0.25) is 0 Å². The molecule has 4 rings (SSSR count). The standard InChI is InChI=1S/C22H19N3O/c26-22(15-17-9-3-1-4-10-17)19(18-11-5-2-6-12-18)16-25-21-14-8-7-13-20(21)23-24-25/h1-14,19H,15-16H2. The third kappa shape index (κ3) is 3.40. The van der Waals surface area contributed by atoms with Gasteiger partial charge < -0.3 is 0 Å². The molecule has 1 heterocycles. The van der Waals surface area contributed by atoms with Gasteiger partial charge in [0.1, 0.15) is 11.3 Å². The number of carbonyl (C=O) groups is 1. The number of fused-ring (bicyclic) bond motifs is 1. The number of aromatic nitrogens is 3. The second-order valence-electron chi connectivity index (χ2n) is 6.35. The summed E-state index contributed by atoms with van der Waals surface area (Å²) in [7, 11) is 0. The Morgan fingerprint density at radius 3 is 2.27 bits per heavy atom. The third-order valence-corrected chi connectivity index (χ3v) is 4.59. The van der Waals surface area contributed by atoms with Gasteiger partial charge in [0, 0.05) is 6.42 Å². The molecular weight excluding hydrogens is 322 g/mol. The van der Waals surface area contributed by atoms with Crippen LogP contribution in [0.3, 0.4) is 0 Å². The fourth-order valence-corrected chi connectivity index (χ4v) is 3.22. The van der Waals surface area contributed by atoms with Gasteiger partial charge in [-0.15, -0.1) is 5.10 Å². The molecule has 1 unspecified atom stereocenters. The number of hydrogen-bond donors (Lipinski definition) is 0. The van der Waals surface area contributed by atoms with E-state index < -0.39 is 0 Å².